The Kier molecular flexibility index (Phi) is 4.23. The van der Waals surface area contributed by atoms with Crippen LogP contribution < -0.4 is 5.73 Å². The normalized spacial score (nSPS) is 32.8. The molecule has 8 nitrogen and oxygen atoms in total. The highest BCUT2D eigenvalue weighted by Gasteiger charge is 2.43. The Labute approximate surface area is 147 Å². The molecule has 3 heterocycles. The summed E-state index contributed by atoms with van der Waals surface area (Å²) in [5, 5.41) is 8.28. The van der Waals surface area contributed by atoms with Crippen molar-refractivity contribution in [1.82, 2.24) is 24.8 Å². The van der Waals surface area contributed by atoms with Gasteiger partial charge in [0.2, 0.25) is 5.91 Å². The summed E-state index contributed by atoms with van der Waals surface area (Å²) >= 11 is 0. The van der Waals surface area contributed by atoms with Crippen LogP contribution in [0.25, 0.3) is 0 Å². The number of nitrogens with two attached hydrogens (primary N) is 1. The Morgan fingerprint density at radius 3 is 2.72 bits per heavy atom. The summed E-state index contributed by atoms with van der Waals surface area (Å²) in [5.74, 6) is 0.275. The largest absolute Gasteiger partial charge is 0.345 e. The Bertz CT molecular complexity index is 666. The van der Waals surface area contributed by atoms with Crippen molar-refractivity contribution < 1.29 is 9.59 Å². The third-order valence-corrected chi connectivity index (χ3v) is 6.10. The number of amides is 2. The topological polar surface area (TPSA) is 97.3 Å². The van der Waals surface area contributed by atoms with Gasteiger partial charge in [-0.3, -0.25) is 9.59 Å². The minimum absolute atomic E-state index is 0.0578. The maximum absolute atomic E-state index is 12.8. The number of carbonyl (C=O) groups is 2. The Balaban J connectivity index is 1.43. The average molecular weight is 346 g/mol. The predicted octanol–water partition coefficient (Wildman–Crippen LogP) is 0.271. The maximum atomic E-state index is 12.8. The third kappa shape index (κ3) is 3.03. The number of fused-ring (bicyclic) bond motifs is 1. The first-order chi connectivity index (χ1) is 12.0. The molecule has 136 valence electrons. The lowest BCUT2D eigenvalue weighted by molar-refractivity contribution is -0.137. The first-order valence-electron chi connectivity index (χ1n) is 9.24. The van der Waals surface area contributed by atoms with Crippen LogP contribution in [0.2, 0.25) is 0 Å². The minimum Gasteiger partial charge on any atom is -0.345 e. The van der Waals surface area contributed by atoms with Gasteiger partial charge >= 0.3 is 0 Å². The number of nitrogens with zero attached hydrogens (tertiary/aromatic N) is 5. The van der Waals surface area contributed by atoms with E-state index in [0.717, 1.165) is 38.6 Å². The summed E-state index contributed by atoms with van der Waals surface area (Å²) in [6.45, 7) is 1.92. The molecule has 0 spiro atoms. The van der Waals surface area contributed by atoms with E-state index in [-0.39, 0.29) is 35.7 Å². The molecule has 4 rings (SSSR count). The summed E-state index contributed by atoms with van der Waals surface area (Å²) in [4.78, 5) is 28.6. The molecule has 0 unspecified atom stereocenters. The van der Waals surface area contributed by atoms with Crippen molar-refractivity contribution >= 4 is 11.8 Å². The van der Waals surface area contributed by atoms with Crippen LogP contribution in [0.3, 0.4) is 0 Å². The van der Waals surface area contributed by atoms with Gasteiger partial charge in [0.1, 0.15) is 0 Å². The number of aromatic nitrogens is 3. The Morgan fingerprint density at radius 2 is 1.96 bits per heavy atom. The molecule has 0 aromatic carbocycles. The SMILES string of the molecule is CN1CC[C@@H]2CN(C(=O)c3cn(C4CCC(N)CC4)nn3)C[C@@H]2C1=O. The number of rotatable bonds is 2. The fourth-order valence-electron chi connectivity index (χ4n) is 4.44. The van der Waals surface area contributed by atoms with Gasteiger partial charge < -0.3 is 15.5 Å². The van der Waals surface area contributed by atoms with Gasteiger partial charge in [-0.15, -0.1) is 5.10 Å². The van der Waals surface area contributed by atoms with Crippen LogP contribution in [0.15, 0.2) is 6.20 Å². The van der Waals surface area contributed by atoms with Crippen LogP contribution in [-0.4, -0.2) is 69.3 Å². The first-order valence-corrected chi connectivity index (χ1v) is 9.24. The lowest BCUT2D eigenvalue weighted by atomic mass is 9.88. The van der Waals surface area contributed by atoms with Gasteiger partial charge in [-0.2, -0.15) is 0 Å². The van der Waals surface area contributed by atoms with Crippen molar-refractivity contribution in [3.8, 4) is 0 Å². The van der Waals surface area contributed by atoms with E-state index in [1.165, 1.54) is 0 Å². The number of likely N-dealkylation sites (tertiary alicyclic amines) is 2. The molecule has 0 radical (unpaired) electrons. The molecule has 3 fully saturated rings. The molecule has 2 atom stereocenters. The molecule has 1 saturated carbocycles. The molecule has 2 N–H and O–H groups in total. The van der Waals surface area contributed by atoms with Gasteiger partial charge in [0.25, 0.3) is 5.91 Å². The summed E-state index contributed by atoms with van der Waals surface area (Å²) < 4.78 is 1.82. The van der Waals surface area contributed by atoms with Crippen LogP contribution in [-0.2, 0) is 4.79 Å². The quantitative estimate of drug-likeness (QED) is 0.829. The lowest BCUT2D eigenvalue weighted by Crippen LogP contribution is -2.42. The van der Waals surface area contributed by atoms with Crippen molar-refractivity contribution in [3.05, 3.63) is 11.9 Å². The van der Waals surface area contributed by atoms with Gasteiger partial charge in [-0.05, 0) is 38.0 Å². The van der Waals surface area contributed by atoms with E-state index in [1.807, 2.05) is 11.7 Å². The van der Waals surface area contributed by atoms with E-state index in [2.05, 4.69) is 10.3 Å². The first kappa shape index (κ1) is 16.5. The van der Waals surface area contributed by atoms with Gasteiger partial charge in [-0.1, -0.05) is 5.21 Å². The summed E-state index contributed by atoms with van der Waals surface area (Å²) in [6, 6.07) is 0.565. The molecule has 0 bridgehead atoms. The maximum Gasteiger partial charge on any atom is 0.276 e. The molecular formula is C17H26N6O2. The molecule has 1 aromatic heterocycles. The minimum atomic E-state index is -0.108. The van der Waals surface area contributed by atoms with E-state index in [9.17, 15) is 9.59 Å². The van der Waals surface area contributed by atoms with Crippen molar-refractivity contribution in [2.24, 2.45) is 17.6 Å². The second kappa shape index (κ2) is 6.40. The Hall–Kier alpha value is -1.96. The highest BCUT2D eigenvalue weighted by molar-refractivity contribution is 5.93. The molecular weight excluding hydrogens is 320 g/mol. The standard InChI is InChI=1S/C17H26N6O2/c1-21-7-6-11-8-22(9-14(11)16(21)24)17(25)15-10-23(20-19-15)13-4-2-12(18)3-5-13/h10-14H,2-9,18H2,1H3/t11-,12?,13?,14+/m1/s1. The zero-order valence-corrected chi connectivity index (χ0v) is 14.7. The molecule has 3 aliphatic rings. The third-order valence-electron chi connectivity index (χ3n) is 6.10. The molecule has 1 aliphatic carbocycles. The van der Waals surface area contributed by atoms with E-state index >= 15 is 0 Å². The molecule has 2 saturated heterocycles. The van der Waals surface area contributed by atoms with Crippen LogP contribution in [0.1, 0.15) is 48.6 Å². The van der Waals surface area contributed by atoms with Crippen LogP contribution >= 0.6 is 0 Å². The second-order valence-corrected chi connectivity index (χ2v) is 7.78. The lowest BCUT2D eigenvalue weighted by Gasteiger charge is -2.30. The van der Waals surface area contributed by atoms with Gasteiger partial charge in [-0.25, -0.2) is 4.68 Å². The highest BCUT2D eigenvalue weighted by atomic mass is 16.2. The van der Waals surface area contributed by atoms with Gasteiger partial charge in [0.15, 0.2) is 5.69 Å². The monoisotopic (exact) mass is 346 g/mol. The fourth-order valence-corrected chi connectivity index (χ4v) is 4.44. The average Bonchev–Trinajstić information content (AvgIpc) is 3.26. The van der Waals surface area contributed by atoms with Crippen molar-refractivity contribution in [2.75, 3.05) is 26.7 Å². The van der Waals surface area contributed by atoms with Gasteiger partial charge in [0.05, 0.1) is 18.2 Å². The van der Waals surface area contributed by atoms with Crippen LogP contribution in [0.4, 0.5) is 0 Å². The van der Waals surface area contributed by atoms with Gasteiger partial charge in [0, 0.05) is 32.7 Å². The van der Waals surface area contributed by atoms with Crippen molar-refractivity contribution in [1.29, 1.82) is 0 Å². The number of piperidine rings is 1. The van der Waals surface area contributed by atoms with Crippen molar-refractivity contribution in [3.63, 3.8) is 0 Å². The zero-order valence-electron chi connectivity index (χ0n) is 14.7. The highest BCUT2D eigenvalue weighted by Crippen LogP contribution is 2.32. The molecule has 2 amide bonds. The number of hydrogen-bond acceptors (Lipinski definition) is 5. The zero-order chi connectivity index (χ0) is 17.6. The second-order valence-electron chi connectivity index (χ2n) is 7.78. The van der Waals surface area contributed by atoms with E-state index in [1.54, 1.807) is 16.0 Å². The molecule has 25 heavy (non-hydrogen) atoms. The summed E-state index contributed by atoms with van der Waals surface area (Å²) in [6.07, 6.45) is 6.66. The fraction of sp³-hybridized carbons (Fsp3) is 0.765. The number of carbonyl (C=O) groups excluding carboxylic acids is 2. The predicted molar refractivity (Wildman–Crippen MR) is 90.6 cm³/mol. The molecule has 1 aromatic rings. The Morgan fingerprint density at radius 1 is 1.20 bits per heavy atom. The van der Waals surface area contributed by atoms with E-state index in [0.29, 0.717) is 18.8 Å². The number of hydrogen-bond donors (Lipinski definition) is 1. The molecule has 2 aliphatic heterocycles. The summed E-state index contributed by atoms with van der Waals surface area (Å²) in [7, 11) is 1.84. The smallest absolute Gasteiger partial charge is 0.276 e. The van der Waals surface area contributed by atoms with E-state index < -0.39 is 0 Å². The summed E-state index contributed by atoms with van der Waals surface area (Å²) in [5.41, 5.74) is 6.34. The molecule has 8 heteroatoms. The van der Waals surface area contributed by atoms with E-state index in [4.69, 9.17) is 5.73 Å². The van der Waals surface area contributed by atoms with Crippen LogP contribution in [0, 0.1) is 11.8 Å². The van der Waals surface area contributed by atoms with Crippen LogP contribution in [0.5, 0.6) is 0 Å². The van der Waals surface area contributed by atoms with Crippen molar-refractivity contribution in [2.45, 2.75) is 44.2 Å².